The lowest BCUT2D eigenvalue weighted by Gasteiger charge is -2.06. The maximum absolute atomic E-state index is 8.99. The fourth-order valence-electron chi connectivity index (χ4n) is 1.51. The molecule has 0 aliphatic rings. The summed E-state index contributed by atoms with van der Waals surface area (Å²) in [5.74, 6) is 0.407. The van der Waals surface area contributed by atoms with Gasteiger partial charge in [0.25, 0.3) is 0 Å². The normalized spacial score (nSPS) is 10.9. The highest BCUT2D eigenvalue weighted by atomic mass is 32.2. The highest BCUT2D eigenvalue weighted by Gasteiger charge is 2.04. The second-order valence-corrected chi connectivity index (χ2v) is 5.43. The molecule has 0 aliphatic heterocycles. The van der Waals surface area contributed by atoms with Crippen molar-refractivity contribution in [3.8, 4) is 0 Å². The minimum absolute atomic E-state index is 0.0793. The van der Waals surface area contributed by atoms with Crippen LogP contribution in [0.25, 0.3) is 0 Å². The quantitative estimate of drug-likeness (QED) is 0.857. The van der Waals surface area contributed by atoms with Crippen LogP contribution in [0, 0.1) is 0 Å². The predicted molar refractivity (Wildman–Crippen MR) is 72.6 cm³/mol. The Balaban J connectivity index is 2.15. The van der Waals surface area contributed by atoms with Gasteiger partial charge in [0.05, 0.1) is 6.61 Å². The van der Waals surface area contributed by atoms with Crippen molar-refractivity contribution in [1.29, 1.82) is 0 Å². The van der Waals surface area contributed by atoms with Gasteiger partial charge >= 0.3 is 0 Å². The van der Waals surface area contributed by atoms with Gasteiger partial charge in [-0.2, -0.15) is 0 Å². The van der Waals surface area contributed by atoms with Crippen LogP contribution in [0.1, 0.15) is 31.0 Å². The lowest BCUT2D eigenvalue weighted by molar-refractivity contribution is 0.282. The third-order valence-corrected chi connectivity index (χ3v) is 3.52. The summed E-state index contributed by atoms with van der Waals surface area (Å²) in [6, 6.07) is 9.86. The van der Waals surface area contributed by atoms with E-state index in [9.17, 15) is 0 Å². The van der Waals surface area contributed by atoms with Crippen LogP contribution in [0.2, 0.25) is 0 Å². The van der Waals surface area contributed by atoms with E-state index in [1.165, 1.54) is 0 Å². The molecular weight excluding hydrogens is 244 g/mol. The van der Waals surface area contributed by atoms with Gasteiger partial charge in [0, 0.05) is 10.6 Å². The highest BCUT2D eigenvalue weighted by Crippen LogP contribution is 2.27. The number of aliphatic hydroxyl groups is 1. The topological polar surface area (TPSA) is 46.0 Å². The summed E-state index contributed by atoms with van der Waals surface area (Å²) < 4.78 is 0. The molecule has 94 valence electrons. The monoisotopic (exact) mass is 260 g/mol. The SMILES string of the molecule is CC(C)c1cc(Sc2ccc(CO)cc2)ncn1. The molecule has 0 fully saturated rings. The molecule has 1 aromatic heterocycles. The van der Waals surface area contributed by atoms with E-state index in [1.54, 1.807) is 18.1 Å². The fraction of sp³-hybridized carbons (Fsp3) is 0.286. The van der Waals surface area contributed by atoms with Crippen molar-refractivity contribution >= 4 is 11.8 Å². The summed E-state index contributed by atoms with van der Waals surface area (Å²) >= 11 is 1.61. The Labute approximate surface area is 111 Å². The molecule has 4 heteroatoms. The van der Waals surface area contributed by atoms with Crippen LogP contribution in [-0.4, -0.2) is 15.1 Å². The van der Waals surface area contributed by atoms with E-state index in [-0.39, 0.29) is 6.61 Å². The lowest BCUT2D eigenvalue weighted by Crippen LogP contribution is -1.94. The molecule has 2 rings (SSSR count). The smallest absolute Gasteiger partial charge is 0.116 e. The first-order valence-electron chi connectivity index (χ1n) is 5.88. The largest absolute Gasteiger partial charge is 0.392 e. The Morgan fingerprint density at radius 3 is 2.50 bits per heavy atom. The van der Waals surface area contributed by atoms with Crippen LogP contribution in [0.4, 0.5) is 0 Å². The van der Waals surface area contributed by atoms with Gasteiger partial charge in [-0.1, -0.05) is 37.7 Å². The Morgan fingerprint density at radius 1 is 1.17 bits per heavy atom. The average Bonchev–Trinajstić information content (AvgIpc) is 2.40. The van der Waals surface area contributed by atoms with Gasteiger partial charge in [0.2, 0.25) is 0 Å². The van der Waals surface area contributed by atoms with Gasteiger partial charge in [-0.05, 0) is 29.7 Å². The molecule has 0 radical (unpaired) electrons. The fourth-order valence-corrected chi connectivity index (χ4v) is 2.30. The molecule has 1 aromatic carbocycles. The summed E-state index contributed by atoms with van der Waals surface area (Å²) in [4.78, 5) is 9.62. The molecule has 1 N–H and O–H groups in total. The summed E-state index contributed by atoms with van der Waals surface area (Å²) in [7, 11) is 0. The first kappa shape index (κ1) is 13.1. The van der Waals surface area contributed by atoms with Crippen molar-refractivity contribution in [2.75, 3.05) is 0 Å². The average molecular weight is 260 g/mol. The molecule has 0 spiro atoms. The van der Waals surface area contributed by atoms with E-state index in [1.807, 2.05) is 30.3 Å². The van der Waals surface area contributed by atoms with Gasteiger partial charge in [-0.3, -0.25) is 0 Å². The number of benzene rings is 1. The van der Waals surface area contributed by atoms with Crippen LogP contribution in [0.15, 0.2) is 46.6 Å². The molecule has 3 nitrogen and oxygen atoms in total. The van der Waals surface area contributed by atoms with Crippen molar-refractivity contribution in [3.05, 3.63) is 47.9 Å². The number of aromatic nitrogens is 2. The minimum atomic E-state index is 0.0793. The Kier molecular flexibility index (Phi) is 4.33. The van der Waals surface area contributed by atoms with E-state index < -0.39 is 0 Å². The Bertz CT molecular complexity index is 511. The summed E-state index contributed by atoms with van der Waals surface area (Å²) in [5, 5.41) is 9.94. The van der Waals surface area contributed by atoms with Gasteiger partial charge in [-0.15, -0.1) is 0 Å². The van der Waals surface area contributed by atoms with Crippen molar-refractivity contribution in [1.82, 2.24) is 9.97 Å². The molecule has 0 bridgehead atoms. The molecule has 0 saturated carbocycles. The van der Waals surface area contributed by atoms with Crippen LogP contribution < -0.4 is 0 Å². The predicted octanol–water partition coefficient (Wildman–Crippen LogP) is 3.24. The van der Waals surface area contributed by atoms with E-state index in [2.05, 4.69) is 23.8 Å². The molecule has 2 aromatic rings. The van der Waals surface area contributed by atoms with Crippen LogP contribution in [-0.2, 0) is 6.61 Å². The molecule has 0 atom stereocenters. The Hall–Kier alpha value is -1.39. The van der Waals surface area contributed by atoms with Crippen molar-refractivity contribution in [2.45, 2.75) is 36.3 Å². The molecule has 0 unspecified atom stereocenters. The number of rotatable bonds is 4. The number of nitrogens with zero attached hydrogens (tertiary/aromatic N) is 2. The summed E-state index contributed by atoms with van der Waals surface area (Å²) in [5.41, 5.74) is 1.98. The van der Waals surface area contributed by atoms with Crippen LogP contribution >= 0.6 is 11.8 Å². The zero-order chi connectivity index (χ0) is 13.0. The first-order valence-corrected chi connectivity index (χ1v) is 6.70. The Morgan fingerprint density at radius 2 is 1.89 bits per heavy atom. The number of hydrogen-bond acceptors (Lipinski definition) is 4. The molecular formula is C14H16N2OS. The van der Waals surface area contributed by atoms with Gasteiger partial charge in [0.1, 0.15) is 11.4 Å². The third kappa shape index (κ3) is 3.31. The highest BCUT2D eigenvalue weighted by molar-refractivity contribution is 7.99. The second kappa shape index (κ2) is 5.98. The van der Waals surface area contributed by atoms with Gasteiger partial charge < -0.3 is 5.11 Å². The van der Waals surface area contributed by atoms with Crippen molar-refractivity contribution in [3.63, 3.8) is 0 Å². The maximum Gasteiger partial charge on any atom is 0.116 e. The van der Waals surface area contributed by atoms with E-state index >= 15 is 0 Å². The zero-order valence-corrected chi connectivity index (χ0v) is 11.3. The minimum Gasteiger partial charge on any atom is -0.392 e. The van der Waals surface area contributed by atoms with Gasteiger partial charge in [-0.25, -0.2) is 9.97 Å². The van der Waals surface area contributed by atoms with E-state index in [4.69, 9.17) is 5.11 Å². The first-order chi connectivity index (χ1) is 8.69. The van der Waals surface area contributed by atoms with Gasteiger partial charge in [0.15, 0.2) is 0 Å². The number of aliphatic hydroxyl groups excluding tert-OH is 1. The summed E-state index contributed by atoms with van der Waals surface area (Å²) in [6.07, 6.45) is 1.61. The summed E-state index contributed by atoms with van der Waals surface area (Å²) in [6.45, 7) is 4.32. The third-order valence-electron chi connectivity index (χ3n) is 2.58. The van der Waals surface area contributed by atoms with Crippen LogP contribution in [0.3, 0.4) is 0 Å². The second-order valence-electron chi connectivity index (χ2n) is 4.34. The van der Waals surface area contributed by atoms with Crippen LogP contribution in [0.5, 0.6) is 0 Å². The molecule has 0 saturated heterocycles. The maximum atomic E-state index is 8.99. The van der Waals surface area contributed by atoms with Crippen molar-refractivity contribution < 1.29 is 5.11 Å². The molecule has 18 heavy (non-hydrogen) atoms. The molecule has 0 amide bonds. The molecule has 0 aliphatic carbocycles. The lowest BCUT2D eigenvalue weighted by atomic mass is 10.1. The van der Waals surface area contributed by atoms with Crippen molar-refractivity contribution in [2.24, 2.45) is 0 Å². The van der Waals surface area contributed by atoms with E-state index in [0.717, 1.165) is 21.2 Å². The molecule has 1 heterocycles. The zero-order valence-electron chi connectivity index (χ0n) is 10.5. The standard InChI is InChI=1S/C14H16N2OS/c1-10(2)13-7-14(16-9-15-13)18-12-5-3-11(8-17)4-6-12/h3-7,9-10,17H,8H2,1-2H3. The van der Waals surface area contributed by atoms with E-state index in [0.29, 0.717) is 5.92 Å². The number of hydrogen-bond donors (Lipinski definition) is 1.